The number of aliphatic hydroxyl groups is 1. The van der Waals surface area contributed by atoms with Crippen LogP contribution in [0.5, 0.6) is 0 Å². The number of carbonyl (C=O) groups is 1. The molecule has 0 aliphatic rings. The first-order valence-electron chi connectivity index (χ1n) is 5.75. The zero-order chi connectivity index (χ0) is 14.4. The van der Waals surface area contributed by atoms with Crippen LogP contribution in [0.2, 0.25) is 0 Å². The minimum atomic E-state index is -0.648. The Morgan fingerprint density at radius 1 is 1.50 bits per heavy atom. The molecule has 0 bridgehead atoms. The molecule has 1 aromatic heterocycles. The van der Waals surface area contributed by atoms with Gasteiger partial charge in [-0.25, -0.2) is 9.37 Å². The van der Waals surface area contributed by atoms with E-state index in [4.69, 9.17) is 5.11 Å². The Labute approximate surface area is 119 Å². The lowest BCUT2D eigenvalue weighted by Gasteiger charge is -2.05. The van der Waals surface area contributed by atoms with E-state index in [-0.39, 0.29) is 18.7 Å². The molecule has 102 valence electrons. The largest absolute Gasteiger partial charge is 0.384 e. The summed E-state index contributed by atoms with van der Waals surface area (Å²) in [5.41, 5.74) is 2.76. The number of nitrogens with one attached hydrogen (secondary N) is 1. The van der Waals surface area contributed by atoms with Crippen molar-refractivity contribution in [1.82, 2.24) is 10.3 Å². The van der Waals surface area contributed by atoms with Crippen LogP contribution in [0.1, 0.15) is 21.6 Å². The molecule has 0 saturated carbocycles. The molecule has 0 unspecified atom stereocenters. The van der Waals surface area contributed by atoms with E-state index in [1.807, 2.05) is 5.38 Å². The van der Waals surface area contributed by atoms with Crippen molar-refractivity contribution < 1.29 is 14.3 Å². The number of rotatable bonds is 3. The molecule has 1 heterocycles. The van der Waals surface area contributed by atoms with Gasteiger partial charge in [0, 0.05) is 10.9 Å². The summed E-state index contributed by atoms with van der Waals surface area (Å²) in [7, 11) is 0. The number of nitrogens with zero attached hydrogens (tertiary/aromatic N) is 1. The van der Waals surface area contributed by atoms with Crippen molar-refractivity contribution >= 4 is 17.2 Å². The predicted molar refractivity (Wildman–Crippen MR) is 73.6 cm³/mol. The Morgan fingerprint density at radius 2 is 2.35 bits per heavy atom. The molecule has 0 spiro atoms. The van der Waals surface area contributed by atoms with E-state index in [1.165, 1.54) is 29.5 Å². The third kappa shape index (κ3) is 3.63. The van der Waals surface area contributed by atoms with E-state index in [0.29, 0.717) is 5.56 Å². The highest BCUT2D eigenvalue weighted by atomic mass is 32.1. The molecule has 1 amide bonds. The fourth-order valence-electron chi connectivity index (χ4n) is 1.51. The smallest absolute Gasteiger partial charge is 0.254 e. The minimum Gasteiger partial charge on any atom is -0.384 e. The van der Waals surface area contributed by atoms with Crippen molar-refractivity contribution in [3.05, 3.63) is 51.7 Å². The zero-order valence-electron chi connectivity index (χ0n) is 10.4. The summed E-state index contributed by atoms with van der Waals surface area (Å²) in [4.78, 5) is 15.9. The van der Waals surface area contributed by atoms with Gasteiger partial charge < -0.3 is 10.4 Å². The van der Waals surface area contributed by atoms with Gasteiger partial charge in [-0.1, -0.05) is 11.8 Å². The van der Waals surface area contributed by atoms with Gasteiger partial charge in [0.05, 0.1) is 23.3 Å². The number of aromatic nitrogens is 1. The molecule has 2 N–H and O–H groups in total. The molecule has 0 atom stereocenters. The van der Waals surface area contributed by atoms with Crippen molar-refractivity contribution in [2.75, 3.05) is 6.61 Å². The molecule has 1 aromatic carbocycles. The summed E-state index contributed by atoms with van der Waals surface area (Å²) in [5.74, 6) is 3.84. The fraction of sp³-hybridized carbons (Fsp3) is 0.143. The quantitative estimate of drug-likeness (QED) is 0.843. The molecule has 0 radical (unpaired) electrons. The summed E-state index contributed by atoms with van der Waals surface area (Å²) in [6, 6.07) is 4.07. The van der Waals surface area contributed by atoms with Crippen LogP contribution in [-0.2, 0) is 6.54 Å². The number of aliphatic hydroxyl groups excluding tert-OH is 1. The average Bonchev–Trinajstić information content (AvgIpc) is 2.96. The van der Waals surface area contributed by atoms with Crippen molar-refractivity contribution in [3.63, 3.8) is 0 Å². The maximum Gasteiger partial charge on any atom is 0.254 e. The first-order valence-corrected chi connectivity index (χ1v) is 6.69. The van der Waals surface area contributed by atoms with E-state index in [2.05, 4.69) is 22.1 Å². The van der Waals surface area contributed by atoms with Gasteiger partial charge in [-0.15, -0.1) is 11.3 Å². The highest BCUT2D eigenvalue weighted by Crippen LogP contribution is 2.10. The van der Waals surface area contributed by atoms with Crippen molar-refractivity contribution in [2.24, 2.45) is 0 Å². The van der Waals surface area contributed by atoms with E-state index in [0.717, 1.165) is 5.69 Å². The van der Waals surface area contributed by atoms with Gasteiger partial charge in [0.2, 0.25) is 0 Å². The highest BCUT2D eigenvalue weighted by molar-refractivity contribution is 7.07. The Morgan fingerprint density at radius 3 is 3.00 bits per heavy atom. The van der Waals surface area contributed by atoms with Crippen LogP contribution >= 0.6 is 11.3 Å². The third-order valence-electron chi connectivity index (χ3n) is 2.44. The number of hydrogen-bond acceptors (Lipinski definition) is 4. The molecule has 6 heteroatoms. The predicted octanol–water partition coefficient (Wildman–Crippen LogP) is 1.56. The van der Waals surface area contributed by atoms with Gasteiger partial charge in [0.15, 0.2) is 0 Å². The maximum absolute atomic E-state index is 13.8. The van der Waals surface area contributed by atoms with E-state index < -0.39 is 11.7 Å². The molecule has 0 saturated heterocycles. The number of thiazole rings is 1. The van der Waals surface area contributed by atoms with Gasteiger partial charge in [0.25, 0.3) is 5.91 Å². The second-order valence-electron chi connectivity index (χ2n) is 3.82. The molecule has 2 rings (SSSR count). The molecule has 0 aliphatic heterocycles. The minimum absolute atomic E-state index is 0.0465. The normalized spacial score (nSPS) is 9.70. The van der Waals surface area contributed by atoms with Crippen LogP contribution in [0.4, 0.5) is 4.39 Å². The molecule has 4 nitrogen and oxygen atoms in total. The molecule has 20 heavy (non-hydrogen) atoms. The van der Waals surface area contributed by atoms with Gasteiger partial charge in [-0.3, -0.25) is 4.79 Å². The Kier molecular flexibility index (Phi) is 4.82. The number of benzene rings is 1. The Hall–Kier alpha value is -2.23. The molecular formula is C14H11FN2O2S. The van der Waals surface area contributed by atoms with Crippen LogP contribution < -0.4 is 5.32 Å². The Balaban J connectivity index is 2.06. The topological polar surface area (TPSA) is 62.2 Å². The van der Waals surface area contributed by atoms with E-state index in [9.17, 15) is 9.18 Å². The first-order chi connectivity index (χ1) is 9.70. The van der Waals surface area contributed by atoms with Gasteiger partial charge in [0.1, 0.15) is 12.4 Å². The van der Waals surface area contributed by atoms with Crippen LogP contribution in [0.15, 0.2) is 29.1 Å². The number of halogens is 1. The second-order valence-corrected chi connectivity index (χ2v) is 4.54. The summed E-state index contributed by atoms with van der Waals surface area (Å²) in [6.45, 7) is -0.0364. The lowest BCUT2D eigenvalue weighted by Crippen LogP contribution is -2.24. The monoisotopic (exact) mass is 290 g/mol. The second kappa shape index (κ2) is 6.80. The zero-order valence-corrected chi connectivity index (χ0v) is 11.2. The highest BCUT2D eigenvalue weighted by Gasteiger charge is 2.11. The average molecular weight is 290 g/mol. The van der Waals surface area contributed by atoms with Gasteiger partial charge in [-0.2, -0.15) is 0 Å². The number of hydrogen-bond donors (Lipinski definition) is 2. The Bertz CT molecular complexity index is 660. The molecular weight excluding hydrogens is 279 g/mol. The molecule has 0 fully saturated rings. The summed E-state index contributed by atoms with van der Waals surface area (Å²) >= 11 is 1.43. The first kappa shape index (κ1) is 14.2. The summed E-state index contributed by atoms with van der Waals surface area (Å²) in [5, 5.41) is 13.0. The van der Waals surface area contributed by atoms with E-state index in [1.54, 1.807) is 5.51 Å². The van der Waals surface area contributed by atoms with Crippen LogP contribution in [0.25, 0.3) is 0 Å². The van der Waals surface area contributed by atoms with Gasteiger partial charge in [-0.05, 0) is 18.2 Å². The van der Waals surface area contributed by atoms with Crippen molar-refractivity contribution in [2.45, 2.75) is 6.54 Å². The number of carbonyl (C=O) groups excluding carboxylic acids is 1. The van der Waals surface area contributed by atoms with E-state index >= 15 is 0 Å². The summed E-state index contributed by atoms with van der Waals surface area (Å²) < 4.78 is 13.8. The fourth-order valence-corrected chi connectivity index (χ4v) is 2.07. The SMILES string of the molecule is O=C(NCc1cscn1)c1ccc(C#CCO)cc1F. The van der Waals surface area contributed by atoms with Crippen LogP contribution in [0.3, 0.4) is 0 Å². The lowest BCUT2D eigenvalue weighted by molar-refractivity contribution is 0.0946. The van der Waals surface area contributed by atoms with Gasteiger partial charge >= 0.3 is 0 Å². The molecule has 0 aliphatic carbocycles. The maximum atomic E-state index is 13.8. The third-order valence-corrected chi connectivity index (χ3v) is 3.07. The standard InChI is InChI=1S/C14H11FN2O2S/c15-13-6-10(2-1-5-18)3-4-12(13)14(19)16-7-11-8-20-9-17-11/h3-4,6,8-9,18H,5,7H2,(H,16,19). The van der Waals surface area contributed by atoms with Crippen molar-refractivity contribution in [1.29, 1.82) is 0 Å². The number of amides is 1. The van der Waals surface area contributed by atoms with Crippen LogP contribution in [0, 0.1) is 17.7 Å². The molecule has 2 aromatic rings. The lowest BCUT2D eigenvalue weighted by atomic mass is 10.1. The van der Waals surface area contributed by atoms with Crippen molar-refractivity contribution in [3.8, 4) is 11.8 Å². The van der Waals surface area contributed by atoms with Crippen LogP contribution in [-0.4, -0.2) is 22.6 Å². The summed E-state index contributed by atoms with van der Waals surface area (Å²) in [6.07, 6.45) is 0.